The first kappa shape index (κ1) is 19.2. The molecule has 0 bridgehead atoms. The SMILES string of the molecule is COc1cc(OC)nc(OC2CCCCC2(F)C(=O)NS(C)(=O)=O)n1. The minimum Gasteiger partial charge on any atom is -0.481 e. The zero-order chi connectivity index (χ0) is 18.7. The maximum Gasteiger partial charge on any atom is 0.323 e. The minimum absolute atomic E-state index is 0.141. The Kier molecular flexibility index (Phi) is 5.65. The molecule has 0 spiro atoms. The molecule has 2 unspecified atom stereocenters. The van der Waals surface area contributed by atoms with Crippen LogP contribution >= 0.6 is 0 Å². The second-order valence-corrected chi connectivity index (χ2v) is 7.40. The molecule has 2 rings (SSSR count). The van der Waals surface area contributed by atoms with Crippen molar-refractivity contribution in [3.63, 3.8) is 0 Å². The Morgan fingerprint density at radius 2 is 1.88 bits per heavy atom. The second-order valence-electron chi connectivity index (χ2n) is 5.65. The van der Waals surface area contributed by atoms with Gasteiger partial charge in [-0.25, -0.2) is 12.8 Å². The van der Waals surface area contributed by atoms with Gasteiger partial charge in [0.05, 0.1) is 26.5 Å². The molecular formula is C14H20FN3O6S. The van der Waals surface area contributed by atoms with Crippen LogP contribution < -0.4 is 18.9 Å². The van der Waals surface area contributed by atoms with Gasteiger partial charge in [0.1, 0.15) is 6.10 Å². The number of hydrogen-bond donors (Lipinski definition) is 1. The molecule has 2 atom stereocenters. The summed E-state index contributed by atoms with van der Waals surface area (Å²) in [5.74, 6) is -0.972. The van der Waals surface area contributed by atoms with Gasteiger partial charge in [0.15, 0.2) is 0 Å². The normalized spacial score (nSPS) is 23.6. The average Bonchev–Trinajstić information content (AvgIpc) is 2.55. The molecule has 1 fully saturated rings. The van der Waals surface area contributed by atoms with Crippen molar-refractivity contribution in [3.05, 3.63) is 6.07 Å². The molecule has 1 amide bonds. The van der Waals surface area contributed by atoms with Gasteiger partial charge in [0.25, 0.3) is 5.91 Å². The van der Waals surface area contributed by atoms with Crippen molar-refractivity contribution in [1.82, 2.24) is 14.7 Å². The fourth-order valence-corrected chi connectivity index (χ4v) is 3.05. The molecule has 1 aliphatic carbocycles. The zero-order valence-corrected chi connectivity index (χ0v) is 14.9. The molecule has 0 aliphatic heterocycles. The second kappa shape index (κ2) is 7.38. The highest BCUT2D eigenvalue weighted by molar-refractivity contribution is 7.89. The summed E-state index contributed by atoms with van der Waals surface area (Å²) in [4.78, 5) is 20.0. The predicted molar refractivity (Wildman–Crippen MR) is 84.8 cm³/mol. The zero-order valence-electron chi connectivity index (χ0n) is 14.1. The number of amides is 1. The van der Waals surface area contributed by atoms with Crippen LogP contribution in [0.5, 0.6) is 17.8 Å². The van der Waals surface area contributed by atoms with E-state index in [1.807, 2.05) is 0 Å². The van der Waals surface area contributed by atoms with Gasteiger partial charge in [-0.3, -0.25) is 9.52 Å². The first-order valence-corrected chi connectivity index (χ1v) is 9.42. The molecule has 1 saturated carbocycles. The monoisotopic (exact) mass is 377 g/mol. The molecule has 1 heterocycles. The van der Waals surface area contributed by atoms with E-state index in [9.17, 15) is 13.2 Å². The number of ether oxygens (including phenoxy) is 3. The molecular weight excluding hydrogens is 357 g/mol. The average molecular weight is 377 g/mol. The fraction of sp³-hybridized carbons (Fsp3) is 0.643. The van der Waals surface area contributed by atoms with E-state index in [-0.39, 0.29) is 30.6 Å². The van der Waals surface area contributed by atoms with Crippen LogP contribution in [0.2, 0.25) is 0 Å². The Hall–Kier alpha value is -2.17. The van der Waals surface area contributed by atoms with E-state index in [0.29, 0.717) is 12.8 Å². The number of halogens is 1. The summed E-state index contributed by atoms with van der Waals surface area (Å²) in [6, 6.07) is 1.18. The van der Waals surface area contributed by atoms with E-state index >= 15 is 4.39 Å². The van der Waals surface area contributed by atoms with Crippen LogP contribution in [0.3, 0.4) is 0 Å². The summed E-state index contributed by atoms with van der Waals surface area (Å²) in [6.07, 6.45) is 0.624. The number of carbonyl (C=O) groups excluding carboxylic acids is 1. The van der Waals surface area contributed by atoms with E-state index in [1.54, 1.807) is 4.72 Å². The topological polar surface area (TPSA) is 117 Å². The van der Waals surface area contributed by atoms with Crippen molar-refractivity contribution >= 4 is 15.9 Å². The number of nitrogens with one attached hydrogen (secondary N) is 1. The van der Waals surface area contributed by atoms with Crippen LogP contribution in [0, 0.1) is 0 Å². The highest BCUT2D eigenvalue weighted by Gasteiger charge is 2.50. The summed E-state index contributed by atoms with van der Waals surface area (Å²) in [6.45, 7) is 0. The Bertz CT molecular complexity index is 722. The largest absolute Gasteiger partial charge is 0.481 e. The number of aromatic nitrogens is 2. The van der Waals surface area contributed by atoms with Crippen molar-refractivity contribution < 1.29 is 31.8 Å². The van der Waals surface area contributed by atoms with Crippen molar-refractivity contribution in [2.75, 3.05) is 20.5 Å². The Labute approximate surface area is 144 Å². The third-order valence-electron chi connectivity index (χ3n) is 3.75. The number of nitrogens with zero attached hydrogens (tertiary/aromatic N) is 2. The van der Waals surface area contributed by atoms with E-state index in [0.717, 1.165) is 6.26 Å². The molecule has 1 aromatic rings. The van der Waals surface area contributed by atoms with Gasteiger partial charge in [-0.1, -0.05) is 0 Å². The maximum atomic E-state index is 15.3. The van der Waals surface area contributed by atoms with Crippen LogP contribution in [0.1, 0.15) is 25.7 Å². The van der Waals surface area contributed by atoms with E-state index in [2.05, 4.69) is 9.97 Å². The Morgan fingerprint density at radius 3 is 2.40 bits per heavy atom. The molecule has 1 aliphatic rings. The van der Waals surface area contributed by atoms with Crippen LogP contribution in [0.15, 0.2) is 6.07 Å². The summed E-state index contributed by atoms with van der Waals surface area (Å²) in [5.41, 5.74) is -2.51. The number of carbonyl (C=O) groups is 1. The van der Waals surface area contributed by atoms with Gasteiger partial charge < -0.3 is 14.2 Å². The van der Waals surface area contributed by atoms with E-state index < -0.39 is 27.7 Å². The summed E-state index contributed by atoms with van der Waals surface area (Å²) >= 11 is 0. The quantitative estimate of drug-likeness (QED) is 0.766. The number of methoxy groups -OCH3 is 2. The number of alkyl halides is 1. The van der Waals surface area contributed by atoms with E-state index in [4.69, 9.17) is 14.2 Å². The van der Waals surface area contributed by atoms with E-state index in [1.165, 1.54) is 20.3 Å². The first-order valence-electron chi connectivity index (χ1n) is 7.53. The van der Waals surface area contributed by atoms with Gasteiger partial charge in [-0.05, 0) is 25.7 Å². The third-order valence-corrected chi connectivity index (χ3v) is 4.30. The molecule has 1 aromatic heterocycles. The molecule has 0 saturated heterocycles. The molecule has 9 nitrogen and oxygen atoms in total. The van der Waals surface area contributed by atoms with Crippen molar-refractivity contribution in [2.24, 2.45) is 0 Å². The molecule has 140 valence electrons. The third kappa shape index (κ3) is 4.68. The summed E-state index contributed by atoms with van der Waals surface area (Å²) < 4.78 is 54.9. The lowest BCUT2D eigenvalue weighted by Crippen LogP contribution is -2.56. The number of rotatable bonds is 6. The van der Waals surface area contributed by atoms with Crippen LogP contribution in [0.25, 0.3) is 0 Å². The van der Waals surface area contributed by atoms with Gasteiger partial charge >= 0.3 is 6.01 Å². The van der Waals surface area contributed by atoms with Crippen molar-refractivity contribution in [2.45, 2.75) is 37.5 Å². The summed E-state index contributed by atoms with van der Waals surface area (Å²) in [5, 5.41) is 0. The maximum absolute atomic E-state index is 15.3. The molecule has 0 radical (unpaired) electrons. The fourth-order valence-electron chi connectivity index (χ4n) is 2.54. The van der Waals surface area contributed by atoms with Crippen molar-refractivity contribution in [3.8, 4) is 17.8 Å². The van der Waals surface area contributed by atoms with Gasteiger partial charge in [-0.2, -0.15) is 9.97 Å². The number of hydrogen-bond acceptors (Lipinski definition) is 8. The smallest absolute Gasteiger partial charge is 0.323 e. The van der Waals surface area contributed by atoms with Crippen LogP contribution in [0.4, 0.5) is 4.39 Å². The minimum atomic E-state index is -3.89. The van der Waals surface area contributed by atoms with Crippen molar-refractivity contribution in [1.29, 1.82) is 0 Å². The molecule has 11 heteroatoms. The standard InChI is InChI=1S/C14H20FN3O6S/c1-22-10-8-11(23-2)17-13(16-10)24-9-6-4-5-7-14(9,15)12(19)18-25(3,20)21/h8-9H,4-7H2,1-3H3,(H,18,19). The Balaban J connectivity index is 2.28. The molecule has 0 aromatic carbocycles. The molecule has 25 heavy (non-hydrogen) atoms. The van der Waals surface area contributed by atoms with Gasteiger partial charge in [-0.15, -0.1) is 0 Å². The number of sulfonamides is 1. The first-order chi connectivity index (χ1) is 11.7. The lowest BCUT2D eigenvalue weighted by Gasteiger charge is -2.35. The lowest BCUT2D eigenvalue weighted by molar-refractivity contribution is -0.141. The van der Waals surface area contributed by atoms with Gasteiger partial charge in [0.2, 0.25) is 27.5 Å². The highest BCUT2D eigenvalue weighted by Crippen LogP contribution is 2.35. The lowest BCUT2D eigenvalue weighted by atomic mass is 9.83. The van der Waals surface area contributed by atoms with Gasteiger partial charge in [0, 0.05) is 0 Å². The molecule has 1 N–H and O–H groups in total. The summed E-state index contributed by atoms with van der Waals surface area (Å²) in [7, 11) is -1.13. The highest BCUT2D eigenvalue weighted by atomic mass is 32.2. The Morgan fingerprint density at radius 1 is 1.28 bits per heavy atom. The van der Waals surface area contributed by atoms with Crippen LogP contribution in [-0.4, -0.2) is 56.5 Å². The van der Waals surface area contributed by atoms with Crippen LogP contribution in [-0.2, 0) is 14.8 Å². The predicted octanol–water partition coefficient (Wildman–Crippen LogP) is 0.599.